The number of ketones is 1. The van der Waals surface area contributed by atoms with E-state index in [-0.39, 0.29) is 11.8 Å². The summed E-state index contributed by atoms with van der Waals surface area (Å²) in [5.74, 6) is 0.697. The number of ether oxygens (including phenoxy) is 2. The lowest BCUT2D eigenvalue weighted by Gasteiger charge is -2.15. The van der Waals surface area contributed by atoms with Crippen LogP contribution in [-0.2, 0) is 16.0 Å². The second kappa shape index (κ2) is 7.08. The first-order valence-corrected chi connectivity index (χ1v) is 7.15. The van der Waals surface area contributed by atoms with Crippen LogP contribution in [0.25, 0.3) is 0 Å². The number of hydrogen-bond acceptors (Lipinski definition) is 4. The lowest BCUT2D eigenvalue weighted by molar-refractivity contribution is -0.143. The normalized spacial score (nSPS) is 13.8. The molecule has 0 unspecified atom stereocenters. The third-order valence-electron chi connectivity index (χ3n) is 3.33. The molecule has 0 bridgehead atoms. The van der Waals surface area contributed by atoms with E-state index < -0.39 is 0 Å². The fourth-order valence-electron chi connectivity index (χ4n) is 2.34. The van der Waals surface area contributed by atoms with Crippen molar-refractivity contribution in [1.29, 1.82) is 0 Å². The maximum Gasteiger partial charge on any atom is 0.305 e. The molecule has 0 aliphatic heterocycles. The Morgan fingerprint density at radius 1 is 1.30 bits per heavy atom. The molecular formula is C16H20O4. The van der Waals surface area contributed by atoms with Gasteiger partial charge in [0.1, 0.15) is 5.75 Å². The van der Waals surface area contributed by atoms with E-state index >= 15 is 0 Å². The van der Waals surface area contributed by atoms with Gasteiger partial charge in [-0.25, -0.2) is 0 Å². The standard InChI is InChI=1S/C16H20O4/c1-2-19-16(18)7-4-10-20-13-9-8-12-5-3-6-15(17)14(12)11-13/h8-9,11H,2-7,10H2,1H3. The second-order valence-electron chi connectivity index (χ2n) is 4.85. The number of fused-ring (bicyclic) bond motifs is 1. The van der Waals surface area contributed by atoms with Crippen molar-refractivity contribution in [3.8, 4) is 5.75 Å². The van der Waals surface area contributed by atoms with Gasteiger partial charge in [0.15, 0.2) is 5.78 Å². The molecule has 0 heterocycles. The molecule has 20 heavy (non-hydrogen) atoms. The van der Waals surface area contributed by atoms with E-state index in [1.54, 1.807) is 6.92 Å². The predicted molar refractivity (Wildman–Crippen MR) is 75.1 cm³/mol. The number of benzene rings is 1. The first-order valence-electron chi connectivity index (χ1n) is 7.15. The highest BCUT2D eigenvalue weighted by Crippen LogP contribution is 2.25. The summed E-state index contributed by atoms with van der Waals surface area (Å²) in [5, 5.41) is 0. The minimum Gasteiger partial charge on any atom is -0.494 e. The monoisotopic (exact) mass is 276 g/mol. The maximum atomic E-state index is 11.8. The van der Waals surface area contributed by atoms with Gasteiger partial charge in [0.25, 0.3) is 0 Å². The Bertz CT molecular complexity index is 493. The lowest BCUT2D eigenvalue weighted by atomic mass is 9.90. The zero-order chi connectivity index (χ0) is 14.4. The molecule has 4 nitrogen and oxygen atoms in total. The molecule has 1 aliphatic carbocycles. The minimum absolute atomic E-state index is 0.197. The SMILES string of the molecule is CCOC(=O)CCCOc1ccc2c(c1)C(=O)CCC2. The van der Waals surface area contributed by atoms with Gasteiger partial charge in [0.2, 0.25) is 0 Å². The van der Waals surface area contributed by atoms with Crippen LogP contribution in [0.2, 0.25) is 0 Å². The molecule has 0 saturated heterocycles. The first-order chi connectivity index (χ1) is 9.70. The second-order valence-corrected chi connectivity index (χ2v) is 4.85. The molecule has 0 aromatic heterocycles. The Balaban J connectivity index is 1.83. The molecule has 4 heteroatoms. The van der Waals surface area contributed by atoms with Crippen LogP contribution >= 0.6 is 0 Å². The summed E-state index contributed by atoms with van der Waals surface area (Å²) in [4.78, 5) is 23.0. The van der Waals surface area contributed by atoms with E-state index in [4.69, 9.17) is 9.47 Å². The molecule has 2 rings (SSSR count). The fraction of sp³-hybridized carbons (Fsp3) is 0.500. The number of hydrogen-bond donors (Lipinski definition) is 0. The fourth-order valence-corrected chi connectivity index (χ4v) is 2.34. The summed E-state index contributed by atoms with van der Waals surface area (Å²) >= 11 is 0. The van der Waals surface area contributed by atoms with Gasteiger partial charge < -0.3 is 9.47 Å². The smallest absolute Gasteiger partial charge is 0.305 e. The van der Waals surface area contributed by atoms with Crippen molar-refractivity contribution >= 4 is 11.8 Å². The van der Waals surface area contributed by atoms with Gasteiger partial charge in [-0.05, 0) is 43.9 Å². The van der Waals surface area contributed by atoms with E-state index in [0.29, 0.717) is 38.2 Å². The number of aryl methyl sites for hydroxylation is 1. The summed E-state index contributed by atoms with van der Waals surface area (Å²) in [7, 11) is 0. The van der Waals surface area contributed by atoms with Crippen LogP contribution in [0.15, 0.2) is 18.2 Å². The van der Waals surface area contributed by atoms with Crippen LogP contribution in [0.5, 0.6) is 5.75 Å². The van der Waals surface area contributed by atoms with E-state index in [1.807, 2.05) is 18.2 Å². The van der Waals surface area contributed by atoms with Crippen LogP contribution in [0, 0.1) is 0 Å². The minimum atomic E-state index is -0.197. The van der Waals surface area contributed by atoms with Crippen molar-refractivity contribution in [3.63, 3.8) is 0 Å². The van der Waals surface area contributed by atoms with Gasteiger partial charge in [-0.1, -0.05) is 6.07 Å². The molecule has 0 N–H and O–H groups in total. The molecule has 108 valence electrons. The molecule has 0 spiro atoms. The highest BCUT2D eigenvalue weighted by atomic mass is 16.5. The van der Waals surface area contributed by atoms with E-state index in [0.717, 1.165) is 24.0 Å². The third-order valence-corrected chi connectivity index (χ3v) is 3.33. The zero-order valence-electron chi connectivity index (χ0n) is 11.8. The molecular weight excluding hydrogens is 256 g/mol. The summed E-state index contributed by atoms with van der Waals surface area (Å²) in [5.41, 5.74) is 1.90. The summed E-state index contributed by atoms with van der Waals surface area (Å²) in [6, 6.07) is 5.68. The summed E-state index contributed by atoms with van der Waals surface area (Å²) in [6.07, 6.45) is 3.50. The molecule has 0 saturated carbocycles. The number of rotatable bonds is 6. The van der Waals surface area contributed by atoms with Gasteiger partial charge in [0.05, 0.1) is 13.2 Å². The number of carbonyl (C=O) groups is 2. The Morgan fingerprint density at radius 2 is 2.15 bits per heavy atom. The summed E-state index contributed by atoms with van der Waals surface area (Å²) < 4.78 is 10.4. The topological polar surface area (TPSA) is 52.6 Å². The number of carbonyl (C=O) groups excluding carboxylic acids is 2. The van der Waals surface area contributed by atoms with Crippen LogP contribution in [-0.4, -0.2) is 25.0 Å². The van der Waals surface area contributed by atoms with Crippen molar-refractivity contribution in [2.45, 2.75) is 39.0 Å². The van der Waals surface area contributed by atoms with Crippen molar-refractivity contribution in [3.05, 3.63) is 29.3 Å². The Kier molecular flexibility index (Phi) is 5.16. The van der Waals surface area contributed by atoms with E-state index in [2.05, 4.69) is 0 Å². The quantitative estimate of drug-likeness (QED) is 0.592. The van der Waals surface area contributed by atoms with Crippen LogP contribution in [0.1, 0.15) is 48.5 Å². The first kappa shape index (κ1) is 14.6. The summed E-state index contributed by atoms with van der Waals surface area (Å²) in [6.45, 7) is 2.65. The maximum absolute atomic E-state index is 11.8. The van der Waals surface area contributed by atoms with Crippen molar-refractivity contribution < 1.29 is 19.1 Å². The Labute approximate surface area is 119 Å². The highest BCUT2D eigenvalue weighted by molar-refractivity contribution is 5.98. The molecule has 0 amide bonds. The largest absolute Gasteiger partial charge is 0.494 e. The predicted octanol–water partition coefficient (Wildman–Crippen LogP) is 2.93. The van der Waals surface area contributed by atoms with Crippen LogP contribution in [0.4, 0.5) is 0 Å². The van der Waals surface area contributed by atoms with E-state index in [9.17, 15) is 9.59 Å². The average Bonchev–Trinajstić information content (AvgIpc) is 2.45. The van der Waals surface area contributed by atoms with E-state index in [1.165, 1.54) is 0 Å². The molecule has 0 atom stereocenters. The van der Waals surface area contributed by atoms with Crippen molar-refractivity contribution in [2.24, 2.45) is 0 Å². The van der Waals surface area contributed by atoms with Crippen molar-refractivity contribution in [1.82, 2.24) is 0 Å². The molecule has 1 aromatic carbocycles. The zero-order valence-corrected chi connectivity index (χ0v) is 11.8. The van der Waals surface area contributed by atoms with Gasteiger partial charge in [-0.3, -0.25) is 9.59 Å². The van der Waals surface area contributed by atoms with Crippen LogP contribution < -0.4 is 4.74 Å². The van der Waals surface area contributed by atoms with Gasteiger partial charge in [0, 0.05) is 18.4 Å². The molecule has 0 radical (unpaired) electrons. The van der Waals surface area contributed by atoms with Crippen molar-refractivity contribution in [2.75, 3.05) is 13.2 Å². The lowest BCUT2D eigenvalue weighted by Crippen LogP contribution is -2.11. The number of esters is 1. The van der Waals surface area contributed by atoms with Gasteiger partial charge in [-0.15, -0.1) is 0 Å². The van der Waals surface area contributed by atoms with Gasteiger partial charge >= 0.3 is 5.97 Å². The molecule has 1 aliphatic rings. The van der Waals surface area contributed by atoms with Gasteiger partial charge in [-0.2, -0.15) is 0 Å². The highest BCUT2D eigenvalue weighted by Gasteiger charge is 2.17. The third kappa shape index (κ3) is 3.83. The Hall–Kier alpha value is -1.84. The molecule has 0 fully saturated rings. The number of Topliss-reactive ketones (excluding diaryl/α,β-unsaturated/α-hetero) is 1. The Morgan fingerprint density at radius 3 is 2.95 bits per heavy atom. The molecule has 1 aromatic rings. The van der Waals surface area contributed by atoms with Crippen LogP contribution in [0.3, 0.4) is 0 Å². The average molecular weight is 276 g/mol.